The molecule has 30 heavy (non-hydrogen) atoms. The molecule has 1 aliphatic rings. The van der Waals surface area contributed by atoms with Gasteiger partial charge in [-0.25, -0.2) is 0 Å². The van der Waals surface area contributed by atoms with E-state index in [1.807, 2.05) is 47.2 Å². The Balaban J connectivity index is 1.42. The van der Waals surface area contributed by atoms with Crippen molar-refractivity contribution in [3.8, 4) is 10.7 Å². The number of hydrogen-bond acceptors (Lipinski definition) is 5. The van der Waals surface area contributed by atoms with Crippen LogP contribution in [0.4, 0.5) is 5.69 Å². The van der Waals surface area contributed by atoms with Gasteiger partial charge in [0.05, 0.1) is 10.6 Å². The van der Waals surface area contributed by atoms with Crippen LogP contribution in [0.15, 0.2) is 35.5 Å². The quantitative estimate of drug-likeness (QED) is 0.503. The van der Waals surface area contributed by atoms with Crippen LogP contribution >= 0.6 is 23.1 Å². The number of aryl methyl sites for hydroxylation is 2. The minimum atomic E-state index is -0.0253. The van der Waals surface area contributed by atoms with E-state index in [9.17, 15) is 4.79 Å². The first-order valence-electron chi connectivity index (χ1n) is 10.6. The minimum Gasteiger partial charge on any atom is -0.325 e. The van der Waals surface area contributed by atoms with Crippen LogP contribution in [0.2, 0.25) is 0 Å². The molecular formula is C23H28N4OS2. The van der Waals surface area contributed by atoms with Crippen LogP contribution in [0.25, 0.3) is 10.7 Å². The van der Waals surface area contributed by atoms with E-state index in [1.165, 1.54) is 52.8 Å². The number of benzene rings is 1. The monoisotopic (exact) mass is 440 g/mol. The molecule has 0 aliphatic heterocycles. The highest BCUT2D eigenvalue weighted by molar-refractivity contribution is 7.99. The Morgan fingerprint density at radius 1 is 1.30 bits per heavy atom. The first-order valence-corrected chi connectivity index (χ1v) is 12.4. The number of aromatic nitrogens is 3. The number of anilines is 1. The Kier molecular flexibility index (Phi) is 6.58. The molecule has 158 valence electrons. The number of carbonyl (C=O) groups excluding carboxylic acids is 1. The van der Waals surface area contributed by atoms with E-state index in [2.05, 4.69) is 35.4 Å². The van der Waals surface area contributed by atoms with Gasteiger partial charge in [0.2, 0.25) is 5.91 Å². The summed E-state index contributed by atoms with van der Waals surface area (Å²) < 4.78 is 2.01. The number of thioether (sulfide) groups is 1. The second kappa shape index (κ2) is 9.35. The van der Waals surface area contributed by atoms with E-state index in [-0.39, 0.29) is 5.91 Å². The van der Waals surface area contributed by atoms with Crippen molar-refractivity contribution in [2.24, 2.45) is 13.0 Å². The zero-order valence-electron chi connectivity index (χ0n) is 17.8. The topological polar surface area (TPSA) is 59.8 Å². The SMILES string of the molecule is CCc1ccccc1NC(=O)CSc1nnc(-c2cc3c(s2)CCC(CC)C3)n1C. The lowest BCUT2D eigenvalue weighted by Gasteiger charge is -2.19. The van der Waals surface area contributed by atoms with Gasteiger partial charge in [-0.3, -0.25) is 4.79 Å². The predicted octanol–water partition coefficient (Wildman–Crippen LogP) is 5.35. The number of para-hydroxylation sites is 1. The molecule has 0 bridgehead atoms. The first kappa shape index (κ1) is 21.1. The van der Waals surface area contributed by atoms with Gasteiger partial charge in [-0.1, -0.05) is 50.2 Å². The van der Waals surface area contributed by atoms with Crippen molar-refractivity contribution in [2.45, 2.75) is 51.1 Å². The van der Waals surface area contributed by atoms with E-state index >= 15 is 0 Å². The molecule has 1 atom stereocenters. The molecule has 2 heterocycles. The summed E-state index contributed by atoms with van der Waals surface area (Å²) in [5.41, 5.74) is 3.52. The molecular weight excluding hydrogens is 412 g/mol. The molecule has 5 nitrogen and oxygen atoms in total. The molecule has 0 saturated carbocycles. The second-order valence-electron chi connectivity index (χ2n) is 7.79. The fraction of sp³-hybridized carbons (Fsp3) is 0.435. The third kappa shape index (κ3) is 4.47. The van der Waals surface area contributed by atoms with Crippen LogP contribution in [-0.4, -0.2) is 26.4 Å². The number of nitrogens with zero attached hydrogens (tertiary/aromatic N) is 3. The van der Waals surface area contributed by atoms with Crippen molar-refractivity contribution in [2.75, 3.05) is 11.1 Å². The van der Waals surface area contributed by atoms with Gasteiger partial charge >= 0.3 is 0 Å². The maximum Gasteiger partial charge on any atom is 0.234 e. The Hall–Kier alpha value is -2.12. The predicted molar refractivity (Wildman–Crippen MR) is 125 cm³/mol. The molecule has 0 spiro atoms. The van der Waals surface area contributed by atoms with Gasteiger partial charge in [-0.15, -0.1) is 21.5 Å². The molecule has 7 heteroatoms. The smallest absolute Gasteiger partial charge is 0.234 e. The van der Waals surface area contributed by atoms with Gasteiger partial charge in [-0.05, 0) is 54.9 Å². The standard InChI is InChI=1S/C23H28N4OS2/c1-4-15-10-11-19-17(12-15)13-20(30-19)22-25-26-23(27(22)3)29-14-21(28)24-18-9-7-6-8-16(18)5-2/h6-9,13,15H,4-5,10-12,14H2,1-3H3,(H,24,28). The second-order valence-corrected chi connectivity index (χ2v) is 9.87. The first-order chi connectivity index (χ1) is 14.6. The number of nitrogens with one attached hydrogen (secondary N) is 1. The molecule has 0 radical (unpaired) electrons. The molecule has 1 aliphatic carbocycles. The normalized spacial score (nSPS) is 15.8. The van der Waals surface area contributed by atoms with Gasteiger partial charge in [0.15, 0.2) is 11.0 Å². The zero-order chi connectivity index (χ0) is 21.1. The Labute approximate surface area is 186 Å². The van der Waals surface area contributed by atoms with Gasteiger partial charge in [0.25, 0.3) is 0 Å². The molecule has 1 N–H and O–H groups in total. The number of thiophene rings is 1. The Bertz CT molecular complexity index is 1040. The van der Waals surface area contributed by atoms with Gasteiger partial charge in [0.1, 0.15) is 0 Å². The number of carbonyl (C=O) groups is 1. The van der Waals surface area contributed by atoms with E-state index in [0.29, 0.717) is 5.75 Å². The molecule has 0 saturated heterocycles. The van der Waals surface area contributed by atoms with Crippen molar-refractivity contribution in [3.63, 3.8) is 0 Å². The molecule has 0 fully saturated rings. The van der Waals surface area contributed by atoms with E-state index in [4.69, 9.17) is 0 Å². The lowest BCUT2D eigenvalue weighted by atomic mass is 9.87. The highest BCUT2D eigenvalue weighted by Crippen LogP contribution is 2.38. The summed E-state index contributed by atoms with van der Waals surface area (Å²) in [5.74, 6) is 1.98. The molecule has 1 unspecified atom stereocenters. The van der Waals surface area contributed by atoms with Crippen molar-refractivity contribution in [3.05, 3.63) is 46.3 Å². The van der Waals surface area contributed by atoms with Crippen LogP contribution in [0.5, 0.6) is 0 Å². The summed E-state index contributed by atoms with van der Waals surface area (Å²) >= 11 is 3.27. The van der Waals surface area contributed by atoms with E-state index < -0.39 is 0 Å². The number of fused-ring (bicyclic) bond motifs is 1. The van der Waals surface area contributed by atoms with E-state index in [1.54, 1.807) is 0 Å². The maximum atomic E-state index is 12.4. The Morgan fingerprint density at radius 3 is 2.93 bits per heavy atom. The number of hydrogen-bond donors (Lipinski definition) is 1. The maximum absolute atomic E-state index is 12.4. The summed E-state index contributed by atoms with van der Waals surface area (Å²) in [6.07, 6.45) is 5.79. The molecule has 1 amide bonds. The summed E-state index contributed by atoms with van der Waals surface area (Å²) in [4.78, 5) is 15.1. The molecule has 1 aromatic carbocycles. The van der Waals surface area contributed by atoms with Crippen LogP contribution in [-0.2, 0) is 31.1 Å². The third-order valence-corrected chi connectivity index (χ3v) is 8.08. The van der Waals surface area contributed by atoms with Gasteiger partial charge in [-0.2, -0.15) is 0 Å². The number of amides is 1. The van der Waals surface area contributed by atoms with Crippen LogP contribution < -0.4 is 5.32 Å². The lowest BCUT2D eigenvalue weighted by Crippen LogP contribution is -2.15. The minimum absolute atomic E-state index is 0.0253. The van der Waals surface area contributed by atoms with Crippen molar-refractivity contribution in [1.82, 2.24) is 14.8 Å². The fourth-order valence-electron chi connectivity index (χ4n) is 3.98. The van der Waals surface area contributed by atoms with Crippen molar-refractivity contribution < 1.29 is 4.79 Å². The van der Waals surface area contributed by atoms with Crippen molar-refractivity contribution in [1.29, 1.82) is 0 Å². The number of rotatable bonds is 7. The van der Waals surface area contributed by atoms with Crippen LogP contribution in [0.1, 0.15) is 42.7 Å². The van der Waals surface area contributed by atoms with Gasteiger partial charge in [0, 0.05) is 17.6 Å². The van der Waals surface area contributed by atoms with E-state index in [0.717, 1.165) is 34.6 Å². The highest BCUT2D eigenvalue weighted by atomic mass is 32.2. The molecule has 4 rings (SSSR count). The largest absolute Gasteiger partial charge is 0.325 e. The summed E-state index contributed by atoms with van der Waals surface area (Å²) in [6, 6.07) is 10.2. The van der Waals surface area contributed by atoms with Crippen LogP contribution in [0.3, 0.4) is 0 Å². The summed E-state index contributed by atoms with van der Waals surface area (Å²) in [7, 11) is 1.98. The fourth-order valence-corrected chi connectivity index (χ4v) is 5.92. The lowest BCUT2D eigenvalue weighted by molar-refractivity contribution is -0.113. The molecule has 3 aromatic rings. The average Bonchev–Trinajstić information content (AvgIpc) is 3.34. The summed E-state index contributed by atoms with van der Waals surface area (Å²) in [5, 5.41) is 12.6. The van der Waals surface area contributed by atoms with Gasteiger partial charge < -0.3 is 9.88 Å². The zero-order valence-corrected chi connectivity index (χ0v) is 19.4. The Morgan fingerprint density at radius 2 is 2.13 bits per heavy atom. The van der Waals surface area contributed by atoms with Crippen molar-refractivity contribution >= 4 is 34.7 Å². The average molecular weight is 441 g/mol. The van der Waals surface area contributed by atoms with Crippen LogP contribution in [0, 0.1) is 5.92 Å². The summed E-state index contributed by atoms with van der Waals surface area (Å²) in [6.45, 7) is 4.37. The highest BCUT2D eigenvalue weighted by Gasteiger charge is 2.22. The molecule has 2 aromatic heterocycles. The third-order valence-electron chi connectivity index (χ3n) is 5.82.